The highest BCUT2D eigenvalue weighted by molar-refractivity contribution is 6.26. The molecule has 1 heterocycles. The molecule has 56 heavy (non-hydrogen) atoms. The number of nitrogens with zero attached hydrogens (tertiary/aromatic N) is 3. The first kappa shape index (κ1) is 38.1. The Labute approximate surface area is 332 Å². The number of allylic oxidation sites excluding steroid dienone is 9. The van der Waals surface area contributed by atoms with Gasteiger partial charge in [0.05, 0.1) is 17.1 Å². The molecule has 7 rings (SSSR count). The van der Waals surface area contributed by atoms with Crippen molar-refractivity contribution in [2.24, 2.45) is 15.9 Å². The normalized spacial score (nSPS) is 15.1. The summed E-state index contributed by atoms with van der Waals surface area (Å²) in [6.07, 6.45) is 19.7. The van der Waals surface area contributed by atoms with Crippen LogP contribution < -0.4 is 0 Å². The van der Waals surface area contributed by atoms with Crippen molar-refractivity contribution < 1.29 is 0 Å². The molecule has 0 saturated carbocycles. The molecular weight excluding hydrogens is 679 g/mol. The lowest BCUT2D eigenvalue weighted by Crippen LogP contribution is -2.16. The number of rotatable bonds is 13. The van der Waals surface area contributed by atoms with E-state index in [9.17, 15) is 0 Å². The third-order valence-electron chi connectivity index (χ3n) is 10.8. The number of pyridine rings is 1. The Balaban J connectivity index is 1.19. The van der Waals surface area contributed by atoms with Crippen molar-refractivity contribution in [1.29, 1.82) is 0 Å². The van der Waals surface area contributed by atoms with Gasteiger partial charge in [0.15, 0.2) is 0 Å². The molecule has 5 aromatic carbocycles. The van der Waals surface area contributed by atoms with E-state index in [2.05, 4.69) is 154 Å². The summed E-state index contributed by atoms with van der Waals surface area (Å²) in [5.41, 5.74) is 11.1. The average molecular weight is 730 g/mol. The maximum Gasteiger partial charge on any atom is 0.0916 e. The molecule has 0 bridgehead atoms. The predicted molar refractivity (Wildman–Crippen MR) is 245 cm³/mol. The van der Waals surface area contributed by atoms with E-state index in [0.29, 0.717) is 5.70 Å². The molecule has 1 atom stereocenters. The fraction of sp³-hybridized carbons (Fsp3) is 0.189. The molecule has 0 N–H and O–H groups in total. The van der Waals surface area contributed by atoms with Gasteiger partial charge in [-0.05, 0) is 132 Å². The van der Waals surface area contributed by atoms with E-state index in [1.165, 1.54) is 43.5 Å². The topological polar surface area (TPSA) is 37.6 Å². The zero-order chi connectivity index (χ0) is 39.0. The summed E-state index contributed by atoms with van der Waals surface area (Å²) in [5.74, 6) is 0.223. The highest BCUT2D eigenvalue weighted by Gasteiger charge is 2.19. The van der Waals surface area contributed by atoms with Crippen molar-refractivity contribution in [2.45, 2.75) is 53.4 Å². The van der Waals surface area contributed by atoms with Crippen LogP contribution in [0, 0.1) is 12.8 Å². The number of hydrogen-bond donors (Lipinski definition) is 0. The molecule has 3 heteroatoms. The molecule has 1 unspecified atom stereocenters. The number of aryl methyl sites for hydroxylation is 1. The first-order chi connectivity index (χ1) is 27.4. The zero-order valence-corrected chi connectivity index (χ0v) is 33.2. The van der Waals surface area contributed by atoms with E-state index in [-0.39, 0.29) is 5.92 Å². The van der Waals surface area contributed by atoms with Gasteiger partial charge in [-0.25, -0.2) is 4.98 Å². The molecule has 0 fully saturated rings. The largest absolute Gasteiger partial charge is 0.289 e. The quantitative estimate of drug-likeness (QED) is 0.0383. The highest BCUT2D eigenvalue weighted by Crippen LogP contribution is 2.39. The van der Waals surface area contributed by atoms with E-state index >= 15 is 0 Å². The van der Waals surface area contributed by atoms with Gasteiger partial charge in [-0.15, -0.1) is 0 Å². The van der Waals surface area contributed by atoms with Crippen LogP contribution in [0.4, 0.5) is 0 Å². The van der Waals surface area contributed by atoms with Gasteiger partial charge in [-0.2, -0.15) is 0 Å². The molecule has 6 aromatic rings. The van der Waals surface area contributed by atoms with Crippen molar-refractivity contribution in [3.05, 3.63) is 187 Å². The van der Waals surface area contributed by atoms with E-state index in [1.54, 1.807) is 0 Å². The minimum atomic E-state index is 0.223. The molecule has 3 nitrogen and oxygen atoms in total. The number of hydrogen-bond acceptors (Lipinski definition) is 3. The van der Waals surface area contributed by atoms with Crippen molar-refractivity contribution in [3.63, 3.8) is 0 Å². The van der Waals surface area contributed by atoms with Crippen LogP contribution in [-0.2, 0) is 0 Å². The van der Waals surface area contributed by atoms with E-state index < -0.39 is 0 Å². The zero-order valence-electron chi connectivity index (χ0n) is 33.2. The summed E-state index contributed by atoms with van der Waals surface area (Å²) in [4.78, 5) is 15.1. The third kappa shape index (κ3) is 8.23. The maximum atomic E-state index is 5.13. The van der Waals surface area contributed by atoms with Crippen LogP contribution in [0.5, 0.6) is 0 Å². The van der Waals surface area contributed by atoms with Crippen molar-refractivity contribution >= 4 is 55.0 Å². The molecule has 0 saturated heterocycles. The van der Waals surface area contributed by atoms with Crippen LogP contribution in [0.15, 0.2) is 174 Å². The minimum absolute atomic E-state index is 0.223. The Bertz CT molecular complexity index is 2610. The first-order valence-corrected chi connectivity index (χ1v) is 19.9. The van der Waals surface area contributed by atoms with Gasteiger partial charge in [0, 0.05) is 29.4 Å². The Morgan fingerprint density at radius 3 is 2.12 bits per heavy atom. The van der Waals surface area contributed by atoms with Crippen molar-refractivity contribution in [1.82, 2.24) is 4.98 Å². The van der Waals surface area contributed by atoms with Gasteiger partial charge in [-0.1, -0.05) is 141 Å². The lowest BCUT2D eigenvalue weighted by Gasteiger charge is -2.20. The third-order valence-corrected chi connectivity index (χ3v) is 10.8. The summed E-state index contributed by atoms with van der Waals surface area (Å²) in [7, 11) is 0. The smallest absolute Gasteiger partial charge is 0.0916 e. The summed E-state index contributed by atoms with van der Waals surface area (Å²) in [6, 6.07) is 36.9. The number of unbranched alkanes of at least 4 members (excludes halogenated alkanes) is 2. The Morgan fingerprint density at radius 2 is 1.45 bits per heavy atom. The van der Waals surface area contributed by atoms with Crippen LogP contribution in [0.2, 0.25) is 0 Å². The number of benzene rings is 5. The standard InChI is InChI=1S/C53H51N3/c1-7-9-10-11-17-33-54-53(36(3)18-8-2)42-26-24-41(25-27-42)43-28-30-47-48-31-29-44(35-50(48)46-22-16-15-21-45(46)49(47)34-43)51-32-23-37(4)52(56-51)39(6)55-38(5)40-19-13-12-14-20-40/h7-9,12-16,18-26,28-32,34-35,42H,3,6,10-11,17,27,33H2,1-2,4-5H3/b9-7-,18-8-,54-53+,55-38+. The molecule has 0 amide bonds. The second-order valence-electron chi connectivity index (χ2n) is 14.7. The average Bonchev–Trinajstić information content (AvgIpc) is 3.23. The minimum Gasteiger partial charge on any atom is -0.289 e. The van der Waals surface area contributed by atoms with Crippen LogP contribution in [-0.4, -0.2) is 23.0 Å². The van der Waals surface area contributed by atoms with Gasteiger partial charge in [0.25, 0.3) is 0 Å². The Hall–Kier alpha value is -6.19. The molecule has 1 aliphatic carbocycles. The fourth-order valence-corrected chi connectivity index (χ4v) is 7.80. The Morgan fingerprint density at radius 1 is 0.768 bits per heavy atom. The highest BCUT2D eigenvalue weighted by atomic mass is 14.8. The van der Waals surface area contributed by atoms with Gasteiger partial charge in [-0.3, -0.25) is 9.98 Å². The lowest BCUT2D eigenvalue weighted by atomic mass is 9.86. The van der Waals surface area contributed by atoms with Crippen LogP contribution >= 0.6 is 0 Å². The number of aromatic nitrogens is 1. The van der Waals surface area contributed by atoms with E-state index in [1.807, 2.05) is 32.0 Å². The lowest BCUT2D eigenvalue weighted by molar-refractivity contribution is 0.751. The first-order valence-electron chi connectivity index (χ1n) is 19.9. The summed E-state index contributed by atoms with van der Waals surface area (Å²) in [5, 5.41) is 7.43. The van der Waals surface area contributed by atoms with Crippen molar-refractivity contribution in [2.75, 3.05) is 6.54 Å². The van der Waals surface area contributed by atoms with E-state index in [0.717, 1.165) is 77.3 Å². The predicted octanol–water partition coefficient (Wildman–Crippen LogP) is 14.3. The SMILES string of the molecule is C=C(/C=C\C)/C(=N\CCCC/C=C\C)C1C=CC(c2ccc3c4ccc(-c5ccc(C)c(C(=C)/N=C(\C)c6ccccc6)n5)cc4c4ccccc4c3c2)=CC1. The van der Waals surface area contributed by atoms with Gasteiger partial charge >= 0.3 is 0 Å². The maximum absolute atomic E-state index is 5.13. The summed E-state index contributed by atoms with van der Waals surface area (Å²) < 4.78 is 0. The van der Waals surface area contributed by atoms with Gasteiger partial charge in [0.1, 0.15) is 0 Å². The monoisotopic (exact) mass is 729 g/mol. The van der Waals surface area contributed by atoms with Crippen LogP contribution in [0.3, 0.4) is 0 Å². The number of fused-ring (bicyclic) bond motifs is 6. The van der Waals surface area contributed by atoms with Crippen LogP contribution in [0.25, 0.3) is 54.8 Å². The van der Waals surface area contributed by atoms with Crippen LogP contribution in [0.1, 0.15) is 68.8 Å². The molecule has 0 spiro atoms. The molecule has 278 valence electrons. The van der Waals surface area contributed by atoms with Gasteiger partial charge in [0.2, 0.25) is 0 Å². The fourth-order valence-electron chi connectivity index (χ4n) is 7.80. The Kier molecular flexibility index (Phi) is 11.9. The summed E-state index contributed by atoms with van der Waals surface area (Å²) >= 11 is 0. The molecule has 1 aromatic heterocycles. The van der Waals surface area contributed by atoms with Gasteiger partial charge < -0.3 is 0 Å². The molecule has 0 aliphatic heterocycles. The molecule has 1 aliphatic rings. The molecule has 0 radical (unpaired) electrons. The van der Waals surface area contributed by atoms with Crippen molar-refractivity contribution in [3.8, 4) is 11.3 Å². The number of aliphatic imine (C=N–C) groups is 2. The second kappa shape index (κ2) is 17.5. The summed E-state index contributed by atoms with van der Waals surface area (Å²) in [6.45, 7) is 17.7. The second-order valence-corrected chi connectivity index (χ2v) is 14.7. The van der Waals surface area contributed by atoms with E-state index in [4.69, 9.17) is 15.0 Å². The molecular formula is C53H51N3.